The number of carbonyl (C=O) groups excluding carboxylic acids is 1. The monoisotopic (exact) mass is 427 g/mol. The van der Waals surface area contributed by atoms with E-state index in [9.17, 15) is 13.2 Å². The first kappa shape index (κ1) is 20.4. The van der Waals surface area contributed by atoms with E-state index in [0.717, 1.165) is 37.0 Å². The van der Waals surface area contributed by atoms with Crippen LogP contribution in [0.5, 0.6) is 5.75 Å². The largest absolute Gasteiger partial charge is 0.487 e. The highest BCUT2D eigenvalue weighted by atomic mass is 32.2. The number of carbonyl (C=O) groups is 1. The molecule has 0 saturated heterocycles. The van der Waals surface area contributed by atoms with Crippen molar-refractivity contribution in [2.24, 2.45) is 0 Å². The molecule has 0 radical (unpaired) electrons. The lowest BCUT2D eigenvalue weighted by atomic mass is 10.3. The number of fused-ring (bicyclic) bond motifs is 1. The van der Waals surface area contributed by atoms with E-state index >= 15 is 0 Å². The lowest BCUT2D eigenvalue weighted by Crippen LogP contribution is -2.24. The molecular weight excluding hydrogens is 402 g/mol. The standard InChI is InChI=1S/C22H25N3O4S/c26-22(11-13-30(27,28)20-8-1-2-9-20)24-17-6-5-7-19(14-17)29-16-18-15-25-12-4-3-10-21(25)23-18/h3-7,10,12,14-15,20H,1-2,8-9,11,13,16H2,(H,24,26). The number of benzene rings is 1. The minimum atomic E-state index is -3.20. The van der Waals surface area contributed by atoms with E-state index in [2.05, 4.69) is 10.3 Å². The second-order valence-electron chi connectivity index (χ2n) is 7.59. The van der Waals surface area contributed by atoms with Crippen LogP contribution in [0.4, 0.5) is 5.69 Å². The smallest absolute Gasteiger partial charge is 0.225 e. The summed E-state index contributed by atoms with van der Waals surface area (Å²) in [7, 11) is -3.20. The third kappa shape index (κ3) is 4.99. The molecule has 158 valence electrons. The molecule has 0 atom stereocenters. The van der Waals surface area contributed by atoms with Crippen LogP contribution in [0.2, 0.25) is 0 Å². The molecule has 0 unspecified atom stereocenters. The first-order chi connectivity index (χ1) is 14.5. The van der Waals surface area contributed by atoms with Crippen molar-refractivity contribution in [2.75, 3.05) is 11.1 Å². The van der Waals surface area contributed by atoms with E-state index in [4.69, 9.17) is 4.74 Å². The molecule has 8 heteroatoms. The van der Waals surface area contributed by atoms with Gasteiger partial charge in [0, 0.05) is 30.6 Å². The Kier molecular flexibility index (Phi) is 6.03. The van der Waals surface area contributed by atoms with Crippen molar-refractivity contribution < 1.29 is 17.9 Å². The van der Waals surface area contributed by atoms with E-state index in [-0.39, 0.29) is 23.3 Å². The number of sulfone groups is 1. The predicted molar refractivity (Wildman–Crippen MR) is 115 cm³/mol. The normalized spacial score (nSPS) is 14.8. The van der Waals surface area contributed by atoms with Crippen LogP contribution in [-0.2, 0) is 21.2 Å². The summed E-state index contributed by atoms with van der Waals surface area (Å²) in [6, 6.07) is 12.8. The van der Waals surface area contributed by atoms with Crippen molar-refractivity contribution in [2.45, 2.75) is 44.0 Å². The number of amides is 1. The molecule has 4 rings (SSSR count). The van der Waals surface area contributed by atoms with Gasteiger partial charge in [0.2, 0.25) is 5.91 Å². The molecule has 0 spiro atoms. The Balaban J connectivity index is 1.30. The Morgan fingerprint density at radius 2 is 2.00 bits per heavy atom. The second kappa shape index (κ2) is 8.87. The summed E-state index contributed by atoms with van der Waals surface area (Å²) < 4.78 is 32.4. The van der Waals surface area contributed by atoms with Gasteiger partial charge in [-0.25, -0.2) is 13.4 Å². The number of aromatic nitrogens is 2. The molecule has 0 bridgehead atoms. The van der Waals surface area contributed by atoms with Gasteiger partial charge in [-0.15, -0.1) is 0 Å². The number of nitrogens with zero attached hydrogens (tertiary/aromatic N) is 2. The van der Waals surface area contributed by atoms with E-state index < -0.39 is 9.84 Å². The molecule has 30 heavy (non-hydrogen) atoms. The van der Waals surface area contributed by atoms with Crippen molar-refractivity contribution in [3.8, 4) is 5.75 Å². The molecular formula is C22H25N3O4S. The summed E-state index contributed by atoms with van der Waals surface area (Å²) in [6.07, 6.45) is 7.15. The Hall–Kier alpha value is -2.87. The Morgan fingerprint density at radius 3 is 2.80 bits per heavy atom. The minimum Gasteiger partial charge on any atom is -0.487 e. The number of rotatable bonds is 8. The van der Waals surface area contributed by atoms with Gasteiger partial charge in [0.15, 0.2) is 9.84 Å². The summed E-state index contributed by atoms with van der Waals surface area (Å²) in [5.41, 5.74) is 2.23. The van der Waals surface area contributed by atoms with Crippen LogP contribution in [0.3, 0.4) is 0 Å². The van der Waals surface area contributed by atoms with Crippen molar-refractivity contribution in [3.63, 3.8) is 0 Å². The third-order valence-corrected chi connectivity index (χ3v) is 7.60. The van der Waals surface area contributed by atoms with Crippen LogP contribution < -0.4 is 10.1 Å². The fourth-order valence-electron chi connectivity index (χ4n) is 3.75. The number of pyridine rings is 1. The molecule has 2 heterocycles. The van der Waals surface area contributed by atoms with Gasteiger partial charge in [0.1, 0.15) is 18.0 Å². The fourth-order valence-corrected chi connectivity index (χ4v) is 5.61. The van der Waals surface area contributed by atoms with Gasteiger partial charge in [-0.3, -0.25) is 4.79 Å². The van der Waals surface area contributed by atoms with Crippen LogP contribution >= 0.6 is 0 Å². The minimum absolute atomic E-state index is 0.0365. The maximum Gasteiger partial charge on any atom is 0.225 e. The lowest BCUT2D eigenvalue weighted by molar-refractivity contribution is -0.115. The van der Waals surface area contributed by atoms with Crippen molar-refractivity contribution >= 4 is 27.1 Å². The van der Waals surface area contributed by atoms with Gasteiger partial charge >= 0.3 is 0 Å². The molecule has 1 amide bonds. The van der Waals surface area contributed by atoms with E-state index in [0.29, 0.717) is 18.0 Å². The quantitative estimate of drug-likeness (QED) is 0.593. The number of ether oxygens (including phenoxy) is 1. The summed E-state index contributed by atoms with van der Waals surface area (Å²) in [6.45, 7) is 0.304. The highest BCUT2D eigenvalue weighted by Gasteiger charge is 2.28. The molecule has 1 fully saturated rings. The average molecular weight is 428 g/mol. The van der Waals surface area contributed by atoms with Crippen LogP contribution in [0.1, 0.15) is 37.8 Å². The molecule has 2 aromatic heterocycles. The zero-order valence-electron chi connectivity index (χ0n) is 16.7. The Bertz CT molecular complexity index is 1100. The van der Waals surface area contributed by atoms with Gasteiger partial charge < -0.3 is 14.5 Å². The van der Waals surface area contributed by atoms with Gasteiger partial charge in [-0.1, -0.05) is 25.0 Å². The Morgan fingerprint density at radius 1 is 1.17 bits per heavy atom. The molecule has 7 nitrogen and oxygen atoms in total. The Labute approximate surface area is 176 Å². The first-order valence-electron chi connectivity index (χ1n) is 10.2. The van der Waals surface area contributed by atoms with Crippen molar-refractivity contribution in [1.29, 1.82) is 0 Å². The highest BCUT2D eigenvalue weighted by molar-refractivity contribution is 7.92. The van der Waals surface area contributed by atoms with Gasteiger partial charge in [0.25, 0.3) is 0 Å². The number of anilines is 1. The molecule has 1 N–H and O–H groups in total. The van der Waals surface area contributed by atoms with Crippen LogP contribution in [0.25, 0.3) is 5.65 Å². The molecule has 3 aromatic rings. The van der Waals surface area contributed by atoms with Crippen molar-refractivity contribution in [1.82, 2.24) is 9.38 Å². The fraction of sp³-hybridized carbons (Fsp3) is 0.364. The van der Waals surface area contributed by atoms with E-state index in [1.165, 1.54) is 0 Å². The van der Waals surface area contributed by atoms with Crippen LogP contribution in [-0.4, -0.2) is 34.7 Å². The number of imidazole rings is 1. The molecule has 0 aliphatic heterocycles. The molecule has 1 aliphatic rings. The number of hydrogen-bond donors (Lipinski definition) is 1. The van der Waals surface area contributed by atoms with Gasteiger partial charge in [0.05, 0.1) is 16.7 Å². The zero-order valence-corrected chi connectivity index (χ0v) is 17.5. The summed E-state index contributed by atoms with van der Waals surface area (Å²) in [5, 5.41) is 2.49. The number of hydrogen-bond acceptors (Lipinski definition) is 5. The molecule has 1 saturated carbocycles. The topological polar surface area (TPSA) is 89.8 Å². The first-order valence-corrected chi connectivity index (χ1v) is 11.9. The lowest BCUT2D eigenvalue weighted by Gasteiger charge is -2.11. The third-order valence-electron chi connectivity index (χ3n) is 5.34. The van der Waals surface area contributed by atoms with Gasteiger partial charge in [-0.05, 0) is 37.1 Å². The zero-order chi connectivity index (χ0) is 21.0. The van der Waals surface area contributed by atoms with Crippen molar-refractivity contribution in [3.05, 3.63) is 60.6 Å². The van der Waals surface area contributed by atoms with Crippen LogP contribution in [0.15, 0.2) is 54.9 Å². The highest BCUT2D eigenvalue weighted by Crippen LogP contribution is 2.25. The predicted octanol–water partition coefficient (Wildman–Crippen LogP) is 3.60. The maximum absolute atomic E-state index is 12.3. The van der Waals surface area contributed by atoms with E-state index in [1.54, 1.807) is 24.3 Å². The van der Waals surface area contributed by atoms with Crippen LogP contribution in [0, 0.1) is 0 Å². The maximum atomic E-state index is 12.3. The molecule has 1 aromatic carbocycles. The van der Waals surface area contributed by atoms with E-state index in [1.807, 2.05) is 35.0 Å². The van der Waals surface area contributed by atoms with Gasteiger partial charge in [-0.2, -0.15) is 0 Å². The SMILES string of the molecule is O=C(CCS(=O)(=O)C1CCCC1)Nc1cccc(OCc2cn3ccccc3n2)c1. The number of nitrogens with one attached hydrogen (secondary N) is 1. The summed E-state index contributed by atoms with van der Waals surface area (Å²) in [4.78, 5) is 16.7. The summed E-state index contributed by atoms with van der Waals surface area (Å²) >= 11 is 0. The molecule has 1 aliphatic carbocycles. The summed E-state index contributed by atoms with van der Waals surface area (Å²) in [5.74, 6) is 0.186. The average Bonchev–Trinajstić information content (AvgIpc) is 3.41. The second-order valence-corrected chi connectivity index (χ2v) is 9.99.